The van der Waals surface area contributed by atoms with Crippen molar-refractivity contribution in [3.8, 4) is 0 Å². The van der Waals surface area contributed by atoms with Crippen LogP contribution in [-0.4, -0.2) is 56.7 Å². The van der Waals surface area contributed by atoms with E-state index in [4.69, 9.17) is 9.47 Å². The Labute approximate surface area is 106 Å². The van der Waals surface area contributed by atoms with E-state index >= 15 is 0 Å². The van der Waals surface area contributed by atoms with Gasteiger partial charge in [0, 0.05) is 26.0 Å². The number of hydrogen-bond acceptors (Lipinski definition) is 3. The Morgan fingerprint density at radius 1 is 1.25 bits per heavy atom. The molecule has 0 aliphatic rings. The predicted octanol–water partition coefficient (Wildman–Crippen LogP) is 1.67. The van der Waals surface area contributed by atoms with Gasteiger partial charge in [-0.05, 0) is 12.8 Å². The van der Waals surface area contributed by atoms with E-state index in [-0.39, 0.29) is 12.5 Å². The van der Waals surface area contributed by atoms with Crippen LogP contribution in [0.3, 0.4) is 0 Å². The van der Waals surface area contributed by atoms with Gasteiger partial charge in [-0.25, -0.2) is 0 Å². The van der Waals surface area contributed by atoms with Crippen molar-refractivity contribution < 1.29 is 14.3 Å². The first kappa shape index (κ1) is 15.9. The molecule has 0 heterocycles. The molecule has 16 heavy (non-hydrogen) atoms. The summed E-state index contributed by atoms with van der Waals surface area (Å²) in [5, 5.41) is 1.03. The lowest BCUT2D eigenvalue weighted by molar-refractivity contribution is -0.135. The van der Waals surface area contributed by atoms with Gasteiger partial charge in [-0.1, -0.05) is 22.4 Å². The Balaban J connectivity index is 3.42. The summed E-state index contributed by atoms with van der Waals surface area (Å²) in [6.07, 6.45) is 3.35. The molecule has 0 saturated carbocycles. The van der Waals surface area contributed by atoms with E-state index in [1.54, 1.807) is 12.0 Å². The average molecular weight is 296 g/mol. The van der Waals surface area contributed by atoms with Crippen LogP contribution in [0.25, 0.3) is 0 Å². The van der Waals surface area contributed by atoms with Gasteiger partial charge in [0.05, 0.1) is 13.2 Å². The van der Waals surface area contributed by atoms with Gasteiger partial charge in [-0.15, -0.1) is 0 Å². The third kappa shape index (κ3) is 9.12. The molecule has 0 atom stereocenters. The number of ether oxygens (including phenoxy) is 2. The SMILES string of the molecule is COCCOCC(=O)N(C)CCCCCBr. The molecule has 0 aliphatic carbocycles. The molecular formula is C11H22BrNO3. The summed E-state index contributed by atoms with van der Waals surface area (Å²) in [6, 6.07) is 0. The molecule has 0 unspecified atom stereocenters. The Bertz CT molecular complexity index is 179. The standard InChI is InChI=1S/C11H22BrNO3/c1-13(7-5-3-4-6-12)11(14)10-16-9-8-15-2/h3-10H2,1-2H3. The van der Waals surface area contributed by atoms with E-state index in [1.807, 2.05) is 7.05 Å². The number of alkyl halides is 1. The van der Waals surface area contributed by atoms with Gasteiger partial charge in [-0.2, -0.15) is 0 Å². The van der Waals surface area contributed by atoms with E-state index < -0.39 is 0 Å². The number of halogens is 1. The highest BCUT2D eigenvalue weighted by Gasteiger charge is 2.07. The number of carbonyl (C=O) groups excluding carboxylic acids is 1. The maximum Gasteiger partial charge on any atom is 0.248 e. The topological polar surface area (TPSA) is 38.8 Å². The Morgan fingerprint density at radius 3 is 2.62 bits per heavy atom. The number of carbonyl (C=O) groups is 1. The number of methoxy groups -OCH3 is 1. The van der Waals surface area contributed by atoms with Crippen LogP contribution in [0.2, 0.25) is 0 Å². The number of likely N-dealkylation sites (N-methyl/N-ethyl adjacent to an activating group) is 1. The van der Waals surface area contributed by atoms with E-state index in [0.717, 1.165) is 31.1 Å². The third-order valence-electron chi connectivity index (χ3n) is 2.21. The van der Waals surface area contributed by atoms with Crippen molar-refractivity contribution in [1.29, 1.82) is 0 Å². The van der Waals surface area contributed by atoms with Crippen LogP contribution in [0, 0.1) is 0 Å². The summed E-state index contributed by atoms with van der Waals surface area (Å²) in [5.41, 5.74) is 0. The zero-order chi connectivity index (χ0) is 12.2. The lowest BCUT2D eigenvalue weighted by Gasteiger charge is -2.16. The molecule has 0 saturated heterocycles. The minimum atomic E-state index is 0.0370. The van der Waals surface area contributed by atoms with Gasteiger partial charge in [0.1, 0.15) is 6.61 Å². The number of hydrogen-bond donors (Lipinski definition) is 0. The number of rotatable bonds is 10. The van der Waals surface area contributed by atoms with Gasteiger partial charge >= 0.3 is 0 Å². The molecule has 0 fully saturated rings. The second kappa shape index (κ2) is 11.4. The fourth-order valence-corrected chi connectivity index (χ4v) is 1.55. The fraction of sp³-hybridized carbons (Fsp3) is 0.909. The maximum absolute atomic E-state index is 11.5. The van der Waals surface area contributed by atoms with Crippen molar-refractivity contribution in [3.63, 3.8) is 0 Å². The normalized spacial score (nSPS) is 10.4. The summed E-state index contributed by atoms with van der Waals surface area (Å²) in [7, 11) is 3.43. The zero-order valence-corrected chi connectivity index (χ0v) is 11.8. The maximum atomic E-state index is 11.5. The van der Waals surface area contributed by atoms with Crippen molar-refractivity contribution in [1.82, 2.24) is 4.90 Å². The van der Waals surface area contributed by atoms with Crippen LogP contribution in [0.15, 0.2) is 0 Å². The predicted molar refractivity (Wildman–Crippen MR) is 68.0 cm³/mol. The molecule has 96 valence electrons. The second-order valence-corrected chi connectivity index (χ2v) is 4.40. The van der Waals surface area contributed by atoms with Crippen molar-refractivity contribution in [2.75, 3.05) is 45.9 Å². The molecule has 0 aromatic heterocycles. The molecule has 4 nitrogen and oxygen atoms in total. The van der Waals surface area contributed by atoms with Gasteiger partial charge in [0.15, 0.2) is 0 Å². The highest BCUT2D eigenvalue weighted by atomic mass is 79.9. The summed E-state index contributed by atoms with van der Waals surface area (Å²) in [6.45, 7) is 1.96. The molecule has 0 aromatic carbocycles. The molecule has 0 N–H and O–H groups in total. The minimum absolute atomic E-state index is 0.0370. The summed E-state index contributed by atoms with van der Waals surface area (Å²) < 4.78 is 9.98. The van der Waals surface area contributed by atoms with Crippen LogP contribution in [0.1, 0.15) is 19.3 Å². The van der Waals surface area contributed by atoms with Crippen LogP contribution in [-0.2, 0) is 14.3 Å². The first-order chi connectivity index (χ1) is 7.72. The molecule has 0 radical (unpaired) electrons. The van der Waals surface area contributed by atoms with Crippen molar-refractivity contribution in [3.05, 3.63) is 0 Å². The molecule has 0 aliphatic heterocycles. The Hall–Kier alpha value is -0.130. The molecule has 5 heteroatoms. The summed E-state index contributed by atoms with van der Waals surface area (Å²) in [5.74, 6) is 0.0370. The van der Waals surface area contributed by atoms with Crippen LogP contribution < -0.4 is 0 Å². The molecule has 0 spiro atoms. The van der Waals surface area contributed by atoms with Gasteiger partial charge in [0.2, 0.25) is 5.91 Å². The first-order valence-corrected chi connectivity index (χ1v) is 6.71. The first-order valence-electron chi connectivity index (χ1n) is 5.59. The molecule has 0 bridgehead atoms. The van der Waals surface area contributed by atoms with Crippen molar-refractivity contribution in [2.45, 2.75) is 19.3 Å². The monoisotopic (exact) mass is 295 g/mol. The zero-order valence-electron chi connectivity index (χ0n) is 10.2. The average Bonchev–Trinajstić information content (AvgIpc) is 2.29. The van der Waals surface area contributed by atoms with E-state index in [0.29, 0.717) is 13.2 Å². The number of amides is 1. The molecule has 0 rings (SSSR count). The smallest absolute Gasteiger partial charge is 0.248 e. The second-order valence-electron chi connectivity index (χ2n) is 3.61. The quantitative estimate of drug-likeness (QED) is 0.455. The van der Waals surface area contributed by atoms with Crippen molar-refractivity contribution >= 4 is 21.8 Å². The summed E-state index contributed by atoms with van der Waals surface area (Å²) >= 11 is 3.38. The number of nitrogens with zero attached hydrogens (tertiary/aromatic N) is 1. The molecule has 0 aromatic rings. The largest absolute Gasteiger partial charge is 0.382 e. The molecular weight excluding hydrogens is 274 g/mol. The van der Waals surface area contributed by atoms with Crippen molar-refractivity contribution in [2.24, 2.45) is 0 Å². The van der Waals surface area contributed by atoms with E-state index in [1.165, 1.54) is 0 Å². The van der Waals surface area contributed by atoms with E-state index in [2.05, 4.69) is 15.9 Å². The highest BCUT2D eigenvalue weighted by Crippen LogP contribution is 2.00. The van der Waals surface area contributed by atoms with Crippen LogP contribution in [0.4, 0.5) is 0 Å². The summed E-state index contributed by atoms with van der Waals surface area (Å²) in [4.78, 5) is 13.2. The highest BCUT2D eigenvalue weighted by molar-refractivity contribution is 9.09. The Kier molecular flexibility index (Phi) is 11.3. The van der Waals surface area contributed by atoms with Crippen LogP contribution in [0.5, 0.6) is 0 Å². The Morgan fingerprint density at radius 2 is 2.00 bits per heavy atom. The fourth-order valence-electron chi connectivity index (χ4n) is 1.16. The van der Waals surface area contributed by atoms with Gasteiger partial charge in [0.25, 0.3) is 0 Å². The van der Waals surface area contributed by atoms with Gasteiger partial charge < -0.3 is 14.4 Å². The van der Waals surface area contributed by atoms with Gasteiger partial charge in [-0.3, -0.25) is 4.79 Å². The lowest BCUT2D eigenvalue weighted by atomic mass is 10.2. The van der Waals surface area contributed by atoms with Crippen LogP contribution >= 0.6 is 15.9 Å². The number of unbranched alkanes of at least 4 members (excludes halogenated alkanes) is 2. The third-order valence-corrected chi connectivity index (χ3v) is 2.77. The molecule has 1 amide bonds. The minimum Gasteiger partial charge on any atom is -0.382 e. The lowest BCUT2D eigenvalue weighted by Crippen LogP contribution is -2.31. The van der Waals surface area contributed by atoms with E-state index in [9.17, 15) is 4.79 Å².